The largest absolute Gasteiger partial charge is 0.399 e. The minimum Gasteiger partial charge on any atom is -0.399 e. The quantitative estimate of drug-likeness (QED) is 0.737. The van der Waals surface area contributed by atoms with Gasteiger partial charge in [0.25, 0.3) is 0 Å². The fourth-order valence-electron chi connectivity index (χ4n) is 2.57. The summed E-state index contributed by atoms with van der Waals surface area (Å²) in [5.74, 6) is 0. The summed E-state index contributed by atoms with van der Waals surface area (Å²) < 4.78 is 0. The molecule has 2 aromatic carbocycles. The minimum absolute atomic E-state index is 0.793. The van der Waals surface area contributed by atoms with E-state index in [2.05, 4.69) is 53.2 Å². The number of hydrogen-bond donors (Lipinski definition) is 1. The zero-order valence-corrected chi connectivity index (χ0v) is 12.2. The van der Waals surface area contributed by atoms with Gasteiger partial charge in [-0.15, -0.1) is 0 Å². The molecule has 3 aromatic rings. The zero-order valence-electron chi connectivity index (χ0n) is 12.2. The molecule has 0 fully saturated rings. The van der Waals surface area contributed by atoms with E-state index >= 15 is 0 Å². The van der Waals surface area contributed by atoms with Crippen LogP contribution in [0.1, 0.15) is 12.5 Å². The van der Waals surface area contributed by atoms with Gasteiger partial charge in [-0.1, -0.05) is 24.3 Å². The Bertz CT molecular complexity index is 730. The molecule has 2 N–H and O–H groups in total. The summed E-state index contributed by atoms with van der Waals surface area (Å²) in [6.07, 6.45) is 1.85. The van der Waals surface area contributed by atoms with Crippen LogP contribution in [0.15, 0.2) is 60.8 Å². The van der Waals surface area contributed by atoms with Gasteiger partial charge in [-0.25, -0.2) is 0 Å². The molecular weight excluding hydrogens is 258 g/mol. The summed E-state index contributed by atoms with van der Waals surface area (Å²) in [5.41, 5.74) is 10.1. The molecule has 3 nitrogen and oxygen atoms in total. The molecule has 1 heterocycles. The number of benzene rings is 2. The Morgan fingerprint density at radius 1 is 1.00 bits per heavy atom. The van der Waals surface area contributed by atoms with Crippen LogP contribution in [0, 0.1) is 0 Å². The fourth-order valence-corrected chi connectivity index (χ4v) is 2.57. The van der Waals surface area contributed by atoms with Crippen LogP contribution in [-0.4, -0.2) is 11.5 Å². The molecule has 3 rings (SSSR count). The first-order valence-corrected chi connectivity index (χ1v) is 7.21. The van der Waals surface area contributed by atoms with Gasteiger partial charge >= 0.3 is 0 Å². The molecule has 1 aromatic heterocycles. The highest BCUT2D eigenvalue weighted by molar-refractivity contribution is 5.81. The van der Waals surface area contributed by atoms with Crippen molar-refractivity contribution in [1.82, 2.24) is 4.98 Å². The number of anilines is 2. The highest BCUT2D eigenvalue weighted by atomic mass is 15.1. The molecule has 0 saturated heterocycles. The predicted octanol–water partition coefficient (Wildman–Crippen LogP) is 3.84. The van der Waals surface area contributed by atoms with Gasteiger partial charge in [-0.2, -0.15) is 0 Å². The van der Waals surface area contributed by atoms with Crippen LogP contribution in [0.25, 0.3) is 10.9 Å². The standard InChI is InChI=1S/C18H19N3/c1-2-21(17-10-8-16(19)9-11-17)13-15-6-3-5-14-7-4-12-20-18(14)15/h3-12H,2,13,19H2,1H3. The number of aromatic nitrogens is 1. The summed E-state index contributed by atoms with van der Waals surface area (Å²) in [4.78, 5) is 6.85. The molecule has 0 aliphatic heterocycles. The van der Waals surface area contributed by atoms with Crippen molar-refractivity contribution in [3.05, 3.63) is 66.4 Å². The molecule has 0 amide bonds. The number of nitrogens with zero attached hydrogens (tertiary/aromatic N) is 2. The van der Waals surface area contributed by atoms with Crippen molar-refractivity contribution >= 4 is 22.3 Å². The summed E-state index contributed by atoms with van der Waals surface area (Å²) in [6, 6.07) is 18.4. The molecule has 0 radical (unpaired) electrons. The van der Waals surface area contributed by atoms with E-state index in [1.54, 1.807) is 0 Å². The van der Waals surface area contributed by atoms with Crippen LogP contribution in [-0.2, 0) is 6.54 Å². The Kier molecular flexibility index (Phi) is 3.73. The number of nitrogens with two attached hydrogens (primary N) is 1. The lowest BCUT2D eigenvalue weighted by molar-refractivity contribution is 0.835. The number of pyridine rings is 1. The third-order valence-electron chi connectivity index (χ3n) is 3.72. The lowest BCUT2D eigenvalue weighted by atomic mass is 10.1. The Morgan fingerprint density at radius 3 is 2.52 bits per heavy atom. The lowest BCUT2D eigenvalue weighted by Gasteiger charge is -2.24. The van der Waals surface area contributed by atoms with E-state index < -0.39 is 0 Å². The zero-order chi connectivity index (χ0) is 14.7. The second-order valence-electron chi connectivity index (χ2n) is 5.10. The third-order valence-corrected chi connectivity index (χ3v) is 3.72. The second kappa shape index (κ2) is 5.83. The van der Waals surface area contributed by atoms with E-state index in [1.165, 1.54) is 16.6 Å². The predicted molar refractivity (Wildman–Crippen MR) is 89.3 cm³/mol. The van der Waals surface area contributed by atoms with E-state index in [0.717, 1.165) is 24.3 Å². The van der Waals surface area contributed by atoms with Gasteiger partial charge in [0.05, 0.1) is 5.52 Å². The molecular formula is C18H19N3. The minimum atomic E-state index is 0.793. The Balaban J connectivity index is 1.94. The normalized spacial score (nSPS) is 10.7. The molecule has 0 aliphatic rings. The van der Waals surface area contributed by atoms with Crippen molar-refractivity contribution in [2.45, 2.75) is 13.5 Å². The van der Waals surface area contributed by atoms with Crippen molar-refractivity contribution in [1.29, 1.82) is 0 Å². The topological polar surface area (TPSA) is 42.2 Å². The van der Waals surface area contributed by atoms with E-state index in [1.807, 2.05) is 24.4 Å². The number of hydrogen-bond acceptors (Lipinski definition) is 3. The Hall–Kier alpha value is -2.55. The van der Waals surface area contributed by atoms with Crippen LogP contribution in [0.3, 0.4) is 0 Å². The maximum Gasteiger partial charge on any atom is 0.0751 e. The van der Waals surface area contributed by atoms with E-state index in [0.29, 0.717) is 0 Å². The van der Waals surface area contributed by atoms with Gasteiger partial charge in [0.15, 0.2) is 0 Å². The lowest BCUT2D eigenvalue weighted by Crippen LogP contribution is -2.22. The summed E-state index contributed by atoms with van der Waals surface area (Å²) in [7, 11) is 0. The molecule has 0 aliphatic carbocycles. The molecule has 0 spiro atoms. The van der Waals surface area contributed by atoms with Crippen molar-refractivity contribution in [3.63, 3.8) is 0 Å². The molecule has 21 heavy (non-hydrogen) atoms. The van der Waals surface area contributed by atoms with E-state index in [4.69, 9.17) is 5.73 Å². The van der Waals surface area contributed by atoms with Crippen LogP contribution >= 0.6 is 0 Å². The molecule has 106 valence electrons. The van der Waals surface area contributed by atoms with E-state index in [-0.39, 0.29) is 0 Å². The smallest absolute Gasteiger partial charge is 0.0751 e. The maximum absolute atomic E-state index is 5.77. The average molecular weight is 277 g/mol. The molecule has 0 atom stereocenters. The van der Waals surface area contributed by atoms with Crippen molar-refractivity contribution in [2.24, 2.45) is 0 Å². The van der Waals surface area contributed by atoms with Gasteiger partial charge in [-0.05, 0) is 42.8 Å². The highest BCUT2D eigenvalue weighted by Gasteiger charge is 2.08. The molecule has 0 saturated carbocycles. The Morgan fingerprint density at radius 2 is 1.76 bits per heavy atom. The first-order valence-electron chi connectivity index (χ1n) is 7.21. The number of rotatable bonds is 4. The van der Waals surface area contributed by atoms with Gasteiger partial charge in [0, 0.05) is 36.0 Å². The average Bonchev–Trinajstić information content (AvgIpc) is 2.54. The SMILES string of the molecule is CCN(Cc1cccc2cccnc12)c1ccc(N)cc1. The molecule has 0 bridgehead atoms. The monoisotopic (exact) mass is 277 g/mol. The van der Waals surface area contributed by atoms with Crippen LogP contribution in [0.4, 0.5) is 11.4 Å². The Labute approximate surface area is 125 Å². The summed E-state index contributed by atoms with van der Waals surface area (Å²) >= 11 is 0. The second-order valence-corrected chi connectivity index (χ2v) is 5.10. The third kappa shape index (κ3) is 2.82. The number of nitrogen functional groups attached to an aromatic ring is 1. The van der Waals surface area contributed by atoms with Gasteiger partial charge in [0.1, 0.15) is 0 Å². The first-order chi connectivity index (χ1) is 10.3. The number of para-hydroxylation sites is 1. The fraction of sp³-hybridized carbons (Fsp3) is 0.167. The maximum atomic E-state index is 5.77. The van der Waals surface area contributed by atoms with Crippen LogP contribution in [0.2, 0.25) is 0 Å². The van der Waals surface area contributed by atoms with Crippen molar-refractivity contribution in [3.8, 4) is 0 Å². The summed E-state index contributed by atoms with van der Waals surface area (Å²) in [5, 5.41) is 1.18. The van der Waals surface area contributed by atoms with Gasteiger partial charge in [-0.3, -0.25) is 4.98 Å². The highest BCUT2D eigenvalue weighted by Crippen LogP contribution is 2.22. The van der Waals surface area contributed by atoms with Crippen molar-refractivity contribution in [2.75, 3.05) is 17.2 Å². The van der Waals surface area contributed by atoms with Crippen LogP contribution < -0.4 is 10.6 Å². The van der Waals surface area contributed by atoms with E-state index in [9.17, 15) is 0 Å². The van der Waals surface area contributed by atoms with Gasteiger partial charge in [0.2, 0.25) is 0 Å². The molecule has 3 heteroatoms. The number of fused-ring (bicyclic) bond motifs is 1. The van der Waals surface area contributed by atoms with Gasteiger partial charge < -0.3 is 10.6 Å². The summed E-state index contributed by atoms with van der Waals surface area (Å²) in [6.45, 7) is 3.94. The molecule has 0 unspecified atom stereocenters. The van der Waals surface area contributed by atoms with Crippen LogP contribution in [0.5, 0.6) is 0 Å². The first kappa shape index (κ1) is 13.4. The van der Waals surface area contributed by atoms with Crippen molar-refractivity contribution < 1.29 is 0 Å².